The van der Waals surface area contributed by atoms with E-state index in [-0.39, 0.29) is 12.4 Å². The van der Waals surface area contributed by atoms with E-state index in [4.69, 9.17) is 5.73 Å². The van der Waals surface area contributed by atoms with Gasteiger partial charge in [-0.1, -0.05) is 54.2 Å². The van der Waals surface area contributed by atoms with Crippen LogP contribution in [0.4, 0.5) is 5.69 Å². The first-order chi connectivity index (χ1) is 13.6. The molecule has 0 saturated carbocycles. The molecule has 1 heterocycles. The van der Waals surface area contributed by atoms with E-state index in [1.165, 1.54) is 37.8 Å². The van der Waals surface area contributed by atoms with Gasteiger partial charge in [-0.15, -0.1) is 0 Å². The van der Waals surface area contributed by atoms with Crippen LogP contribution < -0.4 is 18.1 Å². The summed E-state index contributed by atoms with van der Waals surface area (Å²) in [6.07, 6.45) is 13.3. The fourth-order valence-corrected chi connectivity index (χ4v) is 4.27. The van der Waals surface area contributed by atoms with Gasteiger partial charge in [0, 0.05) is 27.6 Å². The molecular weight excluding hydrogens is 396 g/mol. The molecule has 2 nitrogen and oxygen atoms in total. The smallest absolute Gasteiger partial charge is 0.199 e. The highest BCUT2D eigenvalue weighted by Crippen LogP contribution is 2.44. The zero-order chi connectivity index (χ0) is 19.5. The number of nitrogen functional groups attached to an aromatic ring is 1. The second-order valence-corrected chi connectivity index (χ2v) is 8.09. The summed E-state index contributed by atoms with van der Waals surface area (Å²) in [5.41, 5.74) is 12.7. The van der Waals surface area contributed by atoms with E-state index in [0.29, 0.717) is 0 Å². The summed E-state index contributed by atoms with van der Waals surface area (Å²) in [7, 11) is 4.12. The summed E-state index contributed by atoms with van der Waals surface area (Å²) in [6.45, 7) is 0. The van der Waals surface area contributed by atoms with Crippen molar-refractivity contribution in [2.75, 3.05) is 19.8 Å². The van der Waals surface area contributed by atoms with Crippen molar-refractivity contribution in [3.8, 4) is 0 Å². The highest BCUT2D eigenvalue weighted by atomic mass is 35.5. The molecule has 0 bridgehead atoms. The Bertz CT molecular complexity index is 1060. The molecule has 0 amide bonds. The first-order valence-corrected chi connectivity index (χ1v) is 10.1. The van der Waals surface area contributed by atoms with Crippen molar-refractivity contribution in [2.45, 2.75) is 0 Å². The third-order valence-electron chi connectivity index (χ3n) is 4.76. The van der Waals surface area contributed by atoms with Crippen molar-refractivity contribution in [2.24, 2.45) is 0 Å². The van der Waals surface area contributed by atoms with Crippen LogP contribution in [0.15, 0.2) is 102 Å². The van der Waals surface area contributed by atoms with Gasteiger partial charge < -0.3 is 18.1 Å². The summed E-state index contributed by atoms with van der Waals surface area (Å²) in [4.78, 5) is 2.48. The zero-order valence-corrected chi connectivity index (χ0v) is 18.0. The molecule has 2 aliphatic rings. The van der Waals surface area contributed by atoms with Crippen molar-refractivity contribution in [3.63, 3.8) is 0 Å². The number of benzene rings is 2. The lowest BCUT2D eigenvalue weighted by Gasteiger charge is -2.19. The van der Waals surface area contributed by atoms with Gasteiger partial charge in [0.25, 0.3) is 0 Å². The summed E-state index contributed by atoms with van der Waals surface area (Å²) in [6, 6.07) is 18.7. The van der Waals surface area contributed by atoms with Crippen LogP contribution >= 0.6 is 11.8 Å². The average Bonchev–Trinajstić information content (AvgIpc) is 2.74. The molecule has 2 aromatic carbocycles. The molecule has 2 aromatic rings. The second kappa shape index (κ2) is 9.17. The monoisotopic (exact) mass is 418 g/mol. The van der Waals surface area contributed by atoms with Gasteiger partial charge in [0.15, 0.2) is 5.71 Å². The van der Waals surface area contributed by atoms with Gasteiger partial charge in [0.05, 0.1) is 0 Å². The number of hydrogen-bond donors (Lipinski definition) is 1. The number of nitrogens with two attached hydrogens (primary N) is 1. The van der Waals surface area contributed by atoms with Crippen LogP contribution in [0.3, 0.4) is 0 Å². The minimum atomic E-state index is 0. The summed E-state index contributed by atoms with van der Waals surface area (Å²) in [5.74, 6) is 0. The molecule has 29 heavy (non-hydrogen) atoms. The van der Waals surface area contributed by atoms with Crippen molar-refractivity contribution < 1.29 is 17.0 Å². The van der Waals surface area contributed by atoms with E-state index in [2.05, 4.69) is 97.6 Å². The van der Waals surface area contributed by atoms with Crippen LogP contribution in [-0.2, 0) is 0 Å². The van der Waals surface area contributed by atoms with Gasteiger partial charge in [-0.25, -0.2) is 4.58 Å². The molecule has 146 valence electrons. The van der Waals surface area contributed by atoms with Gasteiger partial charge in [-0.2, -0.15) is 0 Å². The predicted molar refractivity (Wildman–Crippen MR) is 123 cm³/mol. The maximum absolute atomic E-state index is 5.88. The van der Waals surface area contributed by atoms with Crippen LogP contribution in [-0.4, -0.2) is 24.4 Å². The van der Waals surface area contributed by atoms with Crippen LogP contribution in [0, 0.1) is 0 Å². The molecule has 0 radical (unpaired) electrons. The topological polar surface area (TPSA) is 29.0 Å². The highest BCUT2D eigenvalue weighted by molar-refractivity contribution is 8.16. The zero-order valence-electron chi connectivity index (χ0n) is 16.5. The fourth-order valence-electron chi connectivity index (χ4n) is 3.15. The van der Waals surface area contributed by atoms with E-state index < -0.39 is 0 Å². The molecule has 1 aliphatic heterocycles. The standard InChI is InChI=1S/C25H22N2S.ClH/c1-27(2)23-14-10-18(11-15-23)21-16-24(19-6-4-3-5-7-19)28-25(17-21)20-8-12-22(26)13-9-20;/h3-17,26H,1-2H3;1H. The van der Waals surface area contributed by atoms with E-state index in [1.54, 1.807) is 11.8 Å². The highest BCUT2D eigenvalue weighted by Gasteiger charge is 2.16. The van der Waals surface area contributed by atoms with E-state index in [1.807, 2.05) is 12.1 Å². The van der Waals surface area contributed by atoms with E-state index in [0.717, 1.165) is 5.69 Å². The molecule has 0 unspecified atom stereocenters. The van der Waals surface area contributed by atoms with Gasteiger partial charge in [-0.3, -0.25) is 0 Å². The third kappa shape index (κ3) is 4.81. The number of hydrogen-bond acceptors (Lipinski definition) is 2. The first kappa shape index (κ1) is 21.0. The Morgan fingerprint density at radius 1 is 0.690 bits per heavy atom. The Hall–Kier alpha value is -2.75. The third-order valence-corrected chi connectivity index (χ3v) is 5.91. The maximum atomic E-state index is 5.88. The minimum absolute atomic E-state index is 0. The van der Waals surface area contributed by atoms with E-state index >= 15 is 0 Å². The normalized spacial score (nSPS) is 15.6. The molecule has 0 spiro atoms. The molecule has 0 atom stereocenters. The van der Waals surface area contributed by atoms with Crippen molar-refractivity contribution in [3.05, 3.63) is 113 Å². The minimum Gasteiger partial charge on any atom is -1.00 e. The number of halogens is 1. The van der Waals surface area contributed by atoms with Crippen LogP contribution in [0.2, 0.25) is 0 Å². The molecule has 4 heteroatoms. The van der Waals surface area contributed by atoms with Crippen LogP contribution in [0.25, 0.3) is 9.81 Å². The number of anilines is 1. The number of nitrogens with zero attached hydrogens (tertiary/aromatic N) is 1. The Morgan fingerprint density at radius 3 is 1.79 bits per heavy atom. The van der Waals surface area contributed by atoms with Gasteiger partial charge >= 0.3 is 0 Å². The second-order valence-electron chi connectivity index (χ2n) is 7.00. The average molecular weight is 419 g/mol. The molecule has 2 N–H and O–H groups in total. The number of rotatable bonds is 2. The molecule has 4 rings (SSSR count). The summed E-state index contributed by atoms with van der Waals surface area (Å²) >= 11 is 1.80. The predicted octanol–water partition coefficient (Wildman–Crippen LogP) is 2.54. The summed E-state index contributed by atoms with van der Waals surface area (Å²) in [5, 5.41) is 0. The van der Waals surface area contributed by atoms with Gasteiger partial charge in [0.2, 0.25) is 0 Å². The van der Waals surface area contributed by atoms with Crippen molar-refractivity contribution in [1.82, 2.24) is 0 Å². The van der Waals surface area contributed by atoms with Crippen LogP contribution in [0.5, 0.6) is 0 Å². The van der Waals surface area contributed by atoms with Gasteiger partial charge in [-0.05, 0) is 58.7 Å². The van der Waals surface area contributed by atoms with Gasteiger partial charge in [0.1, 0.15) is 14.1 Å². The Labute approximate surface area is 182 Å². The number of allylic oxidation sites excluding steroid dienone is 8. The Balaban J connectivity index is 0.00000240. The lowest BCUT2D eigenvalue weighted by Crippen LogP contribution is -3.00. The fraction of sp³-hybridized carbons (Fsp3) is 0.0800. The molecule has 0 fully saturated rings. The quantitative estimate of drug-likeness (QED) is 0.599. The van der Waals surface area contributed by atoms with Crippen molar-refractivity contribution in [1.29, 1.82) is 0 Å². The maximum Gasteiger partial charge on any atom is 0.199 e. The SMILES string of the molecule is C[N+](C)=C1C=CC(=C2C=C(c3ccccc3)SC(c3ccc(N)cc3)=C2)C=C1.[Cl-]. The lowest BCUT2D eigenvalue weighted by molar-refractivity contribution is -0.462. The summed E-state index contributed by atoms with van der Waals surface area (Å²) < 4.78 is 2.12. The molecule has 0 aromatic heterocycles. The first-order valence-electron chi connectivity index (χ1n) is 9.27. The Morgan fingerprint density at radius 2 is 1.24 bits per heavy atom. The molecule has 0 saturated heterocycles. The van der Waals surface area contributed by atoms with E-state index in [9.17, 15) is 0 Å². The Kier molecular flexibility index (Phi) is 6.63. The lowest BCUT2D eigenvalue weighted by atomic mass is 9.99. The largest absolute Gasteiger partial charge is 1.00 e. The van der Waals surface area contributed by atoms with Crippen LogP contribution in [0.1, 0.15) is 11.1 Å². The van der Waals surface area contributed by atoms with Crippen molar-refractivity contribution >= 4 is 33.0 Å². The molecular formula is C25H23ClN2S. The number of thioether (sulfide) groups is 1. The molecule has 1 aliphatic carbocycles.